The number of hydrogen-bond donors (Lipinski definition) is 9. The van der Waals surface area contributed by atoms with Gasteiger partial charge in [0.1, 0.15) is 18.1 Å². The van der Waals surface area contributed by atoms with Crippen LogP contribution in [0.15, 0.2) is 4.99 Å². The fourth-order valence-electron chi connectivity index (χ4n) is 2.90. The molecule has 0 saturated heterocycles. The lowest BCUT2D eigenvalue weighted by molar-refractivity contribution is -0.143. The number of primary amides is 1. The van der Waals surface area contributed by atoms with Crippen LogP contribution in [-0.2, 0) is 28.8 Å². The molecule has 4 amide bonds. The quantitative estimate of drug-likeness (QED) is 0.0429. The third-order valence-electron chi connectivity index (χ3n) is 4.85. The lowest BCUT2D eigenvalue weighted by Crippen LogP contribution is -2.57. The lowest BCUT2D eigenvalue weighted by Gasteiger charge is -2.24. The summed E-state index contributed by atoms with van der Waals surface area (Å²) in [5, 5.41) is 25.5. The van der Waals surface area contributed by atoms with E-state index in [0.29, 0.717) is 5.75 Å². The number of aliphatic imine (C=N–C) groups is 1. The standard InChI is InChI=1S/C20H36N8O8S/c1-37-8-6-12(19(35)36)27-17(33)11(3-2-7-25-20(23)24)26-18(34)13(9-15(30)31)28-16(32)10(21)4-5-14(22)29/h10-13H,2-9,21H2,1H3,(H2,22,29)(H,26,34)(H,27,33)(H,28,32)(H,30,31)(H,35,36)(H4,23,24,25). The van der Waals surface area contributed by atoms with Crippen LogP contribution < -0.4 is 38.9 Å². The zero-order valence-corrected chi connectivity index (χ0v) is 21.3. The third-order valence-corrected chi connectivity index (χ3v) is 5.50. The summed E-state index contributed by atoms with van der Waals surface area (Å²) in [6.45, 7) is 0.0980. The van der Waals surface area contributed by atoms with Crippen LogP contribution in [0.25, 0.3) is 0 Å². The van der Waals surface area contributed by atoms with E-state index in [1.165, 1.54) is 11.8 Å². The van der Waals surface area contributed by atoms with Crippen molar-refractivity contribution in [3.8, 4) is 0 Å². The van der Waals surface area contributed by atoms with Crippen molar-refractivity contribution < 1.29 is 39.0 Å². The first-order chi connectivity index (χ1) is 17.3. The maximum atomic E-state index is 12.9. The number of thioether (sulfide) groups is 1. The molecule has 4 atom stereocenters. The number of carbonyl (C=O) groups is 6. The number of nitrogens with one attached hydrogen (secondary N) is 3. The molecule has 0 aromatic rings. The molecule has 13 N–H and O–H groups in total. The number of carboxylic acid groups (broad SMARTS) is 2. The van der Waals surface area contributed by atoms with Gasteiger partial charge in [-0.1, -0.05) is 0 Å². The van der Waals surface area contributed by atoms with Gasteiger partial charge in [0.25, 0.3) is 0 Å². The Morgan fingerprint density at radius 2 is 1.41 bits per heavy atom. The van der Waals surface area contributed by atoms with Crippen molar-refractivity contribution in [1.82, 2.24) is 16.0 Å². The molecule has 0 fully saturated rings. The van der Waals surface area contributed by atoms with E-state index in [1.807, 2.05) is 0 Å². The second kappa shape index (κ2) is 17.8. The first-order valence-electron chi connectivity index (χ1n) is 11.2. The van der Waals surface area contributed by atoms with Gasteiger partial charge in [0.15, 0.2) is 5.96 Å². The fraction of sp³-hybridized carbons (Fsp3) is 0.650. The minimum Gasteiger partial charge on any atom is -0.481 e. The molecular formula is C20H36N8O8S. The number of carboxylic acids is 2. The summed E-state index contributed by atoms with van der Waals surface area (Å²) in [6, 6.07) is -5.39. The number of nitrogens with two attached hydrogens (primary N) is 4. The van der Waals surface area contributed by atoms with E-state index >= 15 is 0 Å². The Balaban J connectivity index is 5.61. The van der Waals surface area contributed by atoms with E-state index in [9.17, 15) is 39.0 Å². The second-order valence-electron chi connectivity index (χ2n) is 7.96. The van der Waals surface area contributed by atoms with Crippen molar-refractivity contribution in [3.63, 3.8) is 0 Å². The minimum atomic E-state index is -1.62. The Morgan fingerprint density at radius 1 is 0.838 bits per heavy atom. The number of carbonyl (C=O) groups excluding carboxylic acids is 4. The van der Waals surface area contributed by atoms with Crippen molar-refractivity contribution in [2.75, 3.05) is 18.6 Å². The van der Waals surface area contributed by atoms with Crippen molar-refractivity contribution in [2.24, 2.45) is 27.9 Å². The predicted octanol–water partition coefficient (Wildman–Crippen LogP) is -3.60. The molecule has 16 nitrogen and oxygen atoms in total. The molecule has 0 spiro atoms. The van der Waals surface area contributed by atoms with Gasteiger partial charge in [0.2, 0.25) is 23.6 Å². The van der Waals surface area contributed by atoms with Gasteiger partial charge in [-0.05, 0) is 37.7 Å². The summed E-state index contributed by atoms with van der Waals surface area (Å²) in [6.07, 6.45) is 0.881. The Kier molecular flexibility index (Phi) is 16.0. The molecule has 0 heterocycles. The monoisotopic (exact) mass is 548 g/mol. The van der Waals surface area contributed by atoms with Gasteiger partial charge in [-0.25, -0.2) is 4.79 Å². The molecule has 210 valence electrons. The van der Waals surface area contributed by atoms with E-state index in [1.54, 1.807) is 6.26 Å². The third kappa shape index (κ3) is 15.2. The van der Waals surface area contributed by atoms with Gasteiger partial charge in [0.05, 0.1) is 12.5 Å². The molecule has 4 unspecified atom stereocenters. The summed E-state index contributed by atoms with van der Waals surface area (Å²) in [7, 11) is 0. The molecule has 37 heavy (non-hydrogen) atoms. The summed E-state index contributed by atoms with van der Waals surface area (Å²) in [4.78, 5) is 75.6. The van der Waals surface area contributed by atoms with E-state index in [-0.39, 0.29) is 44.6 Å². The summed E-state index contributed by atoms with van der Waals surface area (Å²) in [5.74, 6) is -5.89. The molecule has 0 bridgehead atoms. The summed E-state index contributed by atoms with van der Waals surface area (Å²) >= 11 is 1.38. The first-order valence-corrected chi connectivity index (χ1v) is 12.6. The van der Waals surface area contributed by atoms with E-state index < -0.39 is 66.2 Å². The molecule has 0 rings (SSSR count). The van der Waals surface area contributed by atoms with Gasteiger partial charge in [0, 0.05) is 13.0 Å². The zero-order valence-electron chi connectivity index (χ0n) is 20.5. The number of nitrogens with zero attached hydrogens (tertiary/aromatic N) is 1. The predicted molar refractivity (Wildman–Crippen MR) is 135 cm³/mol. The van der Waals surface area contributed by atoms with E-state index in [0.717, 1.165) is 0 Å². The molecule has 0 aromatic heterocycles. The van der Waals surface area contributed by atoms with Gasteiger partial charge in [-0.2, -0.15) is 11.8 Å². The highest BCUT2D eigenvalue weighted by molar-refractivity contribution is 7.98. The van der Waals surface area contributed by atoms with Crippen LogP contribution in [0, 0.1) is 0 Å². The summed E-state index contributed by atoms with van der Waals surface area (Å²) < 4.78 is 0. The molecule has 0 aliphatic carbocycles. The number of guanidine groups is 1. The van der Waals surface area contributed by atoms with Crippen LogP contribution in [0.2, 0.25) is 0 Å². The fourth-order valence-corrected chi connectivity index (χ4v) is 3.37. The lowest BCUT2D eigenvalue weighted by atomic mass is 10.1. The second-order valence-corrected chi connectivity index (χ2v) is 8.95. The van der Waals surface area contributed by atoms with Crippen molar-refractivity contribution >= 4 is 53.3 Å². The Morgan fingerprint density at radius 3 is 1.92 bits per heavy atom. The normalized spacial score (nSPS) is 13.8. The van der Waals surface area contributed by atoms with Gasteiger partial charge in [-0.3, -0.25) is 29.0 Å². The zero-order chi connectivity index (χ0) is 28.5. The number of rotatable bonds is 19. The smallest absolute Gasteiger partial charge is 0.326 e. The van der Waals surface area contributed by atoms with Gasteiger partial charge in [-0.15, -0.1) is 0 Å². The van der Waals surface area contributed by atoms with Gasteiger partial charge >= 0.3 is 11.9 Å². The summed E-state index contributed by atoms with van der Waals surface area (Å²) in [5.41, 5.74) is 21.2. The highest BCUT2D eigenvalue weighted by atomic mass is 32.2. The Bertz CT molecular complexity index is 852. The number of hydrogen-bond acceptors (Lipinski definition) is 9. The number of amides is 4. The first kappa shape index (κ1) is 33.4. The SMILES string of the molecule is CSCCC(NC(=O)C(CCCN=C(N)N)NC(=O)C(CC(=O)O)NC(=O)C(N)CCC(N)=O)C(=O)O. The van der Waals surface area contributed by atoms with Crippen LogP contribution in [0.4, 0.5) is 0 Å². The molecule has 0 aliphatic rings. The van der Waals surface area contributed by atoms with Crippen LogP contribution in [-0.4, -0.2) is 94.5 Å². The maximum absolute atomic E-state index is 12.9. The Labute approximate surface area is 217 Å². The van der Waals surface area contributed by atoms with Crippen LogP contribution >= 0.6 is 11.8 Å². The highest BCUT2D eigenvalue weighted by Crippen LogP contribution is 2.06. The molecule has 0 radical (unpaired) electrons. The average molecular weight is 549 g/mol. The van der Waals surface area contributed by atoms with E-state index in [4.69, 9.17) is 22.9 Å². The topological polar surface area (TPSA) is 295 Å². The largest absolute Gasteiger partial charge is 0.481 e. The van der Waals surface area contributed by atoms with Crippen LogP contribution in [0.5, 0.6) is 0 Å². The van der Waals surface area contributed by atoms with E-state index in [2.05, 4.69) is 20.9 Å². The van der Waals surface area contributed by atoms with Crippen molar-refractivity contribution in [1.29, 1.82) is 0 Å². The minimum absolute atomic E-state index is 0.0327. The van der Waals surface area contributed by atoms with Crippen LogP contribution in [0.1, 0.15) is 38.5 Å². The molecule has 0 aliphatic heterocycles. The van der Waals surface area contributed by atoms with Crippen molar-refractivity contribution in [3.05, 3.63) is 0 Å². The molecule has 0 saturated carbocycles. The highest BCUT2D eigenvalue weighted by Gasteiger charge is 2.31. The van der Waals surface area contributed by atoms with Crippen molar-refractivity contribution in [2.45, 2.75) is 62.7 Å². The Hall–Kier alpha value is -3.60. The average Bonchev–Trinajstić information content (AvgIpc) is 2.80. The molecule has 0 aromatic carbocycles. The molecule has 17 heteroatoms. The van der Waals surface area contributed by atoms with Gasteiger partial charge < -0.3 is 49.1 Å². The van der Waals surface area contributed by atoms with Crippen LogP contribution in [0.3, 0.4) is 0 Å². The number of aliphatic carboxylic acids is 2. The molecular weight excluding hydrogens is 512 g/mol. The maximum Gasteiger partial charge on any atom is 0.326 e.